The smallest absolute Gasteiger partial charge is 0.298 e. The molecule has 34 heavy (non-hydrogen) atoms. The second kappa shape index (κ2) is 10.8. The van der Waals surface area contributed by atoms with E-state index in [4.69, 9.17) is 9.47 Å². The van der Waals surface area contributed by atoms with Crippen LogP contribution in [0.25, 0.3) is 6.08 Å². The Morgan fingerprint density at radius 3 is 2.47 bits per heavy atom. The lowest BCUT2D eigenvalue weighted by atomic mass is 10.0. The van der Waals surface area contributed by atoms with Crippen molar-refractivity contribution >= 4 is 50.6 Å². The number of carbonyl (C=O) groups excluding carboxylic acids is 2. The quantitative estimate of drug-likeness (QED) is 0.229. The van der Waals surface area contributed by atoms with Gasteiger partial charge in [-0.05, 0) is 71.8 Å². The molecule has 3 aromatic rings. The van der Waals surface area contributed by atoms with Gasteiger partial charge < -0.3 is 9.47 Å². The maximum Gasteiger partial charge on any atom is 0.298 e. The predicted octanol–water partition coefficient (Wildman–Crippen LogP) is 7.01. The second-order valence-corrected chi connectivity index (χ2v) is 9.38. The molecule has 1 saturated heterocycles. The highest BCUT2D eigenvalue weighted by Crippen LogP contribution is 2.38. The highest BCUT2D eigenvalue weighted by Gasteiger charge is 2.36. The van der Waals surface area contributed by atoms with Crippen molar-refractivity contribution in [1.29, 1.82) is 0 Å². The molecule has 0 atom stereocenters. The van der Waals surface area contributed by atoms with Gasteiger partial charge in [-0.3, -0.25) is 9.59 Å². The zero-order chi connectivity index (χ0) is 24.1. The molecule has 1 aliphatic heterocycles. The molecule has 1 fully saturated rings. The van der Waals surface area contributed by atoms with Gasteiger partial charge in [-0.1, -0.05) is 52.3 Å². The van der Waals surface area contributed by atoms with Crippen molar-refractivity contribution in [2.45, 2.75) is 13.0 Å². The number of para-hydroxylation sites is 1. The Morgan fingerprint density at radius 2 is 1.79 bits per heavy atom. The first kappa shape index (κ1) is 23.9. The third-order valence-electron chi connectivity index (χ3n) is 5.14. The Balaban J connectivity index is 1.63. The summed E-state index contributed by atoms with van der Waals surface area (Å²) >= 11 is 4.36. The maximum atomic E-state index is 13.0. The summed E-state index contributed by atoms with van der Waals surface area (Å²) in [5.41, 5.74) is 3.19. The van der Waals surface area contributed by atoms with Gasteiger partial charge in [0, 0.05) is 10.0 Å². The molecule has 3 aromatic carbocycles. The fourth-order valence-corrected chi connectivity index (χ4v) is 4.65. The van der Waals surface area contributed by atoms with Crippen LogP contribution in [0.1, 0.15) is 16.7 Å². The number of ether oxygens (including phenoxy) is 2. The van der Waals surface area contributed by atoms with Crippen LogP contribution in [0.5, 0.6) is 11.5 Å². The monoisotopic (exact) mass is 535 g/mol. The Morgan fingerprint density at radius 1 is 1.06 bits per heavy atom. The highest BCUT2D eigenvalue weighted by molar-refractivity contribution is 9.10. The number of anilines is 1. The van der Waals surface area contributed by atoms with E-state index in [2.05, 4.69) is 22.5 Å². The van der Waals surface area contributed by atoms with Gasteiger partial charge in [0.1, 0.15) is 6.61 Å². The molecule has 1 aliphatic rings. The third kappa shape index (κ3) is 5.26. The average Bonchev–Trinajstić information content (AvgIpc) is 3.12. The number of thioether (sulfide) groups is 1. The predicted molar refractivity (Wildman–Crippen MR) is 140 cm³/mol. The summed E-state index contributed by atoms with van der Waals surface area (Å²) in [6.07, 6.45) is 4.05. The summed E-state index contributed by atoms with van der Waals surface area (Å²) in [7, 11) is 1.58. The summed E-state index contributed by atoms with van der Waals surface area (Å²) in [5.74, 6) is 0.825. The van der Waals surface area contributed by atoms with Crippen LogP contribution in [-0.4, -0.2) is 18.3 Å². The van der Waals surface area contributed by atoms with Crippen LogP contribution in [0.15, 0.2) is 88.8 Å². The van der Waals surface area contributed by atoms with Crippen molar-refractivity contribution in [3.8, 4) is 11.5 Å². The van der Waals surface area contributed by atoms with Crippen LogP contribution in [-0.2, 0) is 17.8 Å². The molecule has 5 nitrogen and oxygen atoms in total. The number of amides is 2. The number of benzene rings is 3. The number of rotatable bonds is 8. The standard InChI is InChI=1S/C27H22BrNO4S/c1-3-7-20-14-19(15-23(32-2)25(20)33-17-18-10-12-21(28)13-11-18)16-24-26(30)29(27(31)34-24)22-8-5-4-6-9-22/h3-6,8-16H,1,7,17H2,2H3/b24-16-. The highest BCUT2D eigenvalue weighted by atomic mass is 79.9. The molecule has 172 valence electrons. The molecule has 0 aliphatic carbocycles. The van der Waals surface area contributed by atoms with Crippen molar-refractivity contribution in [3.63, 3.8) is 0 Å². The average molecular weight is 536 g/mol. The fraction of sp³-hybridized carbons (Fsp3) is 0.111. The number of halogens is 1. The molecular weight excluding hydrogens is 514 g/mol. The molecule has 4 rings (SSSR count). The summed E-state index contributed by atoms with van der Waals surface area (Å²) in [6.45, 7) is 4.23. The van der Waals surface area contributed by atoms with Crippen LogP contribution in [0.4, 0.5) is 10.5 Å². The van der Waals surface area contributed by atoms with Crippen molar-refractivity contribution in [2.24, 2.45) is 0 Å². The number of hydrogen-bond acceptors (Lipinski definition) is 5. The summed E-state index contributed by atoms with van der Waals surface area (Å²) in [6, 6.07) is 20.5. The van der Waals surface area contributed by atoms with Gasteiger partial charge in [-0.2, -0.15) is 0 Å². The van der Waals surface area contributed by atoms with E-state index in [0.29, 0.717) is 35.1 Å². The Hall–Kier alpha value is -3.29. The van der Waals surface area contributed by atoms with Crippen LogP contribution < -0.4 is 14.4 Å². The van der Waals surface area contributed by atoms with Crippen LogP contribution in [0.2, 0.25) is 0 Å². The molecule has 1 heterocycles. The van der Waals surface area contributed by atoms with Crippen molar-refractivity contribution in [1.82, 2.24) is 0 Å². The molecular formula is C27H22BrNO4S. The number of allylic oxidation sites excluding steroid dienone is 1. The van der Waals surface area contributed by atoms with Gasteiger partial charge in [-0.25, -0.2) is 4.90 Å². The van der Waals surface area contributed by atoms with E-state index in [1.165, 1.54) is 4.90 Å². The largest absolute Gasteiger partial charge is 0.493 e. The molecule has 0 aromatic heterocycles. The first-order chi connectivity index (χ1) is 16.5. The molecule has 0 radical (unpaired) electrons. The van der Waals surface area contributed by atoms with Crippen molar-refractivity contribution < 1.29 is 19.1 Å². The zero-order valence-electron chi connectivity index (χ0n) is 18.5. The topological polar surface area (TPSA) is 55.8 Å². The van der Waals surface area contributed by atoms with Crippen molar-refractivity contribution in [2.75, 3.05) is 12.0 Å². The summed E-state index contributed by atoms with van der Waals surface area (Å²) in [5, 5.41) is -0.324. The summed E-state index contributed by atoms with van der Waals surface area (Å²) in [4.78, 5) is 27.1. The first-order valence-corrected chi connectivity index (χ1v) is 12.1. The molecule has 7 heteroatoms. The van der Waals surface area contributed by atoms with Gasteiger partial charge in [0.15, 0.2) is 11.5 Å². The van der Waals surface area contributed by atoms with Crippen LogP contribution >= 0.6 is 27.7 Å². The fourth-order valence-electron chi connectivity index (χ4n) is 3.54. The lowest BCUT2D eigenvalue weighted by molar-refractivity contribution is -0.113. The van der Waals surface area contributed by atoms with E-state index in [0.717, 1.165) is 32.9 Å². The van der Waals surface area contributed by atoms with Gasteiger partial charge in [-0.15, -0.1) is 6.58 Å². The van der Waals surface area contributed by atoms with E-state index in [1.807, 2.05) is 36.4 Å². The number of hydrogen-bond donors (Lipinski definition) is 0. The summed E-state index contributed by atoms with van der Waals surface area (Å²) < 4.78 is 12.8. The lowest BCUT2D eigenvalue weighted by Gasteiger charge is -2.16. The molecule has 0 bridgehead atoms. The molecule has 0 unspecified atom stereocenters. The van der Waals surface area contributed by atoms with Gasteiger partial charge in [0.05, 0.1) is 17.7 Å². The van der Waals surface area contributed by atoms with E-state index >= 15 is 0 Å². The normalized spacial score (nSPS) is 14.5. The maximum absolute atomic E-state index is 13.0. The number of carbonyl (C=O) groups is 2. The Kier molecular flexibility index (Phi) is 7.55. The first-order valence-electron chi connectivity index (χ1n) is 10.5. The minimum absolute atomic E-state index is 0.324. The SMILES string of the molecule is C=CCc1cc(/C=C2\SC(=O)N(c3ccccc3)C2=O)cc(OC)c1OCc1ccc(Br)cc1. The second-order valence-electron chi connectivity index (χ2n) is 7.47. The van der Waals surface area contributed by atoms with Gasteiger partial charge in [0.25, 0.3) is 11.1 Å². The van der Waals surface area contributed by atoms with Gasteiger partial charge in [0.2, 0.25) is 0 Å². The van der Waals surface area contributed by atoms with Crippen molar-refractivity contribution in [3.05, 3.63) is 105 Å². The number of imide groups is 1. The minimum Gasteiger partial charge on any atom is -0.493 e. The molecule has 0 saturated carbocycles. The van der Waals surface area contributed by atoms with Crippen LogP contribution in [0, 0.1) is 0 Å². The zero-order valence-corrected chi connectivity index (χ0v) is 20.9. The molecule has 0 N–H and O–H groups in total. The molecule has 2 amide bonds. The number of nitrogens with zero attached hydrogens (tertiary/aromatic N) is 1. The Labute approximate surface area is 211 Å². The van der Waals surface area contributed by atoms with E-state index in [1.54, 1.807) is 49.6 Å². The minimum atomic E-state index is -0.346. The lowest BCUT2D eigenvalue weighted by Crippen LogP contribution is -2.27. The van der Waals surface area contributed by atoms with E-state index < -0.39 is 0 Å². The number of methoxy groups -OCH3 is 1. The van der Waals surface area contributed by atoms with Crippen LogP contribution in [0.3, 0.4) is 0 Å². The van der Waals surface area contributed by atoms with Gasteiger partial charge >= 0.3 is 0 Å². The van der Waals surface area contributed by atoms with E-state index in [-0.39, 0.29) is 11.1 Å². The van der Waals surface area contributed by atoms with E-state index in [9.17, 15) is 9.59 Å². The third-order valence-corrected chi connectivity index (χ3v) is 6.54. The Bertz CT molecular complexity index is 1260. The molecule has 0 spiro atoms.